The second kappa shape index (κ2) is 8.42. The van der Waals surface area contributed by atoms with E-state index in [1.165, 1.54) is 0 Å². The van der Waals surface area contributed by atoms with E-state index in [1.54, 1.807) is 44.4 Å². The Bertz CT molecular complexity index is 886. The molecule has 0 unspecified atom stereocenters. The first-order chi connectivity index (χ1) is 12.2. The summed E-state index contributed by atoms with van der Waals surface area (Å²) in [6, 6.07) is 13.4. The molecule has 0 fully saturated rings. The largest absolute Gasteiger partial charge is 0.496 e. The first-order valence-corrected chi connectivity index (χ1v) is 10.1. The lowest BCUT2D eigenvalue weighted by atomic mass is 10.1. The van der Waals surface area contributed by atoms with Crippen molar-refractivity contribution < 1.29 is 17.9 Å². The van der Waals surface area contributed by atoms with Crippen LogP contribution in [-0.4, -0.2) is 34.2 Å². The summed E-state index contributed by atoms with van der Waals surface area (Å²) in [6.07, 6.45) is 1.03. The first kappa shape index (κ1) is 20.1. The van der Waals surface area contributed by atoms with Crippen LogP contribution in [0.3, 0.4) is 0 Å². The van der Waals surface area contributed by atoms with Crippen molar-refractivity contribution in [3.63, 3.8) is 0 Å². The second-order valence-electron chi connectivity index (χ2n) is 5.75. The number of hydrogen-bond acceptors (Lipinski definition) is 4. The van der Waals surface area contributed by atoms with Crippen LogP contribution in [-0.2, 0) is 14.8 Å². The number of rotatable bonds is 7. The number of carbonyl (C=O) groups is 1. The zero-order valence-corrected chi connectivity index (χ0v) is 16.3. The smallest absolute Gasteiger partial charge is 0.241 e. The van der Waals surface area contributed by atoms with Gasteiger partial charge in [-0.05, 0) is 25.1 Å². The molecule has 0 saturated heterocycles. The zero-order valence-electron chi connectivity index (χ0n) is 14.8. The summed E-state index contributed by atoms with van der Waals surface area (Å²) >= 11 is 6.10. The molecular weight excluding hydrogens is 376 g/mol. The Kier molecular flexibility index (Phi) is 6.50. The van der Waals surface area contributed by atoms with E-state index in [0.717, 1.165) is 16.1 Å². The maximum absolute atomic E-state index is 12.5. The average Bonchev–Trinajstić information content (AvgIpc) is 2.59. The van der Waals surface area contributed by atoms with Gasteiger partial charge in [-0.25, -0.2) is 8.42 Å². The van der Waals surface area contributed by atoms with Crippen molar-refractivity contribution in [1.82, 2.24) is 5.32 Å². The average molecular weight is 397 g/mol. The highest BCUT2D eigenvalue weighted by molar-refractivity contribution is 7.92. The molecule has 1 N–H and O–H groups in total. The van der Waals surface area contributed by atoms with Crippen LogP contribution >= 0.6 is 11.6 Å². The van der Waals surface area contributed by atoms with Gasteiger partial charge in [0, 0.05) is 5.56 Å². The van der Waals surface area contributed by atoms with Gasteiger partial charge in [-0.1, -0.05) is 41.9 Å². The Balaban J connectivity index is 2.19. The molecule has 0 aliphatic heterocycles. The molecule has 0 bridgehead atoms. The Morgan fingerprint density at radius 3 is 2.42 bits per heavy atom. The summed E-state index contributed by atoms with van der Waals surface area (Å²) in [6.45, 7) is 1.43. The number of anilines is 1. The minimum absolute atomic E-state index is 0.253. The van der Waals surface area contributed by atoms with Gasteiger partial charge in [0.1, 0.15) is 12.3 Å². The number of carbonyl (C=O) groups excluding carboxylic acids is 1. The molecule has 1 amide bonds. The van der Waals surface area contributed by atoms with Crippen molar-refractivity contribution in [3.05, 3.63) is 59.1 Å². The molecule has 0 aromatic heterocycles. The summed E-state index contributed by atoms with van der Waals surface area (Å²) in [5.41, 5.74) is 1.06. The monoisotopic (exact) mass is 396 g/mol. The molecule has 140 valence electrons. The number of halogens is 1. The van der Waals surface area contributed by atoms with Gasteiger partial charge < -0.3 is 10.1 Å². The number of amides is 1. The molecule has 0 radical (unpaired) electrons. The predicted octanol–water partition coefficient (Wildman–Crippen LogP) is 2.99. The first-order valence-electron chi connectivity index (χ1n) is 7.88. The van der Waals surface area contributed by atoms with Crippen LogP contribution < -0.4 is 14.4 Å². The summed E-state index contributed by atoms with van der Waals surface area (Å²) in [7, 11) is -2.13. The van der Waals surface area contributed by atoms with E-state index >= 15 is 0 Å². The molecule has 0 aliphatic carbocycles. The topological polar surface area (TPSA) is 75.7 Å². The zero-order chi connectivity index (χ0) is 19.3. The number of methoxy groups -OCH3 is 1. The van der Waals surface area contributed by atoms with Gasteiger partial charge in [-0.2, -0.15) is 0 Å². The maximum Gasteiger partial charge on any atom is 0.241 e. The van der Waals surface area contributed by atoms with Crippen LogP contribution in [0.1, 0.15) is 18.5 Å². The van der Waals surface area contributed by atoms with E-state index in [0.29, 0.717) is 5.75 Å². The number of ether oxygens (including phenoxy) is 1. The van der Waals surface area contributed by atoms with E-state index < -0.39 is 15.9 Å². The number of nitrogens with zero attached hydrogens (tertiary/aromatic N) is 1. The van der Waals surface area contributed by atoms with Gasteiger partial charge in [0.25, 0.3) is 0 Å². The van der Waals surface area contributed by atoms with Crippen LogP contribution in [0, 0.1) is 0 Å². The van der Waals surface area contributed by atoms with Crippen molar-refractivity contribution in [2.45, 2.75) is 13.0 Å². The number of nitrogens with one attached hydrogen (secondary N) is 1. The quantitative estimate of drug-likeness (QED) is 0.780. The van der Waals surface area contributed by atoms with E-state index in [1.807, 2.05) is 18.2 Å². The molecule has 6 nitrogen and oxygen atoms in total. The Morgan fingerprint density at radius 1 is 1.19 bits per heavy atom. The highest BCUT2D eigenvalue weighted by atomic mass is 35.5. The Morgan fingerprint density at radius 2 is 1.81 bits per heavy atom. The predicted molar refractivity (Wildman–Crippen MR) is 103 cm³/mol. The molecule has 2 aromatic rings. The fraction of sp³-hybridized carbons (Fsp3) is 0.278. The lowest BCUT2D eigenvalue weighted by Gasteiger charge is -2.24. The Hall–Kier alpha value is -2.25. The van der Waals surface area contributed by atoms with Crippen LogP contribution in [0.25, 0.3) is 0 Å². The number of para-hydroxylation sites is 2. The van der Waals surface area contributed by atoms with E-state index in [-0.39, 0.29) is 23.3 Å². The van der Waals surface area contributed by atoms with E-state index in [4.69, 9.17) is 16.3 Å². The van der Waals surface area contributed by atoms with Crippen molar-refractivity contribution in [3.8, 4) is 5.75 Å². The van der Waals surface area contributed by atoms with Crippen LogP contribution in [0.5, 0.6) is 5.75 Å². The van der Waals surface area contributed by atoms with Crippen molar-refractivity contribution in [2.24, 2.45) is 0 Å². The van der Waals surface area contributed by atoms with Crippen LogP contribution in [0.15, 0.2) is 48.5 Å². The van der Waals surface area contributed by atoms with E-state index in [2.05, 4.69) is 5.32 Å². The molecule has 0 heterocycles. The maximum atomic E-state index is 12.5. The van der Waals surface area contributed by atoms with Gasteiger partial charge in [-0.3, -0.25) is 9.10 Å². The highest BCUT2D eigenvalue weighted by Crippen LogP contribution is 2.27. The fourth-order valence-corrected chi connectivity index (χ4v) is 3.71. The van der Waals surface area contributed by atoms with Gasteiger partial charge in [0.2, 0.25) is 15.9 Å². The van der Waals surface area contributed by atoms with Gasteiger partial charge in [-0.15, -0.1) is 0 Å². The Labute approximate surface area is 158 Å². The van der Waals surface area contributed by atoms with Gasteiger partial charge in [0.05, 0.1) is 30.1 Å². The third kappa shape index (κ3) is 4.89. The summed E-state index contributed by atoms with van der Waals surface area (Å²) < 4.78 is 30.6. The number of benzene rings is 2. The lowest BCUT2D eigenvalue weighted by molar-refractivity contribution is -0.120. The third-order valence-electron chi connectivity index (χ3n) is 3.79. The van der Waals surface area contributed by atoms with E-state index in [9.17, 15) is 13.2 Å². The van der Waals surface area contributed by atoms with Crippen molar-refractivity contribution in [1.29, 1.82) is 0 Å². The van der Waals surface area contributed by atoms with Crippen LogP contribution in [0.4, 0.5) is 5.69 Å². The molecule has 1 atom stereocenters. The summed E-state index contributed by atoms with van der Waals surface area (Å²) in [5.74, 6) is 0.195. The lowest BCUT2D eigenvalue weighted by Crippen LogP contribution is -2.41. The third-order valence-corrected chi connectivity index (χ3v) is 5.24. The van der Waals surface area contributed by atoms with Crippen LogP contribution in [0.2, 0.25) is 5.02 Å². The van der Waals surface area contributed by atoms with Crippen molar-refractivity contribution in [2.75, 3.05) is 24.2 Å². The van der Waals surface area contributed by atoms with Gasteiger partial charge >= 0.3 is 0 Å². The standard InChI is InChI=1S/C18H21ClN2O4S/c1-13(14-8-4-7-11-17(14)25-2)20-18(22)12-21(26(3,23)24)16-10-6-5-9-15(16)19/h4-11,13H,12H2,1-3H3,(H,20,22)/t13-/m0/s1. The number of hydrogen-bond donors (Lipinski definition) is 1. The summed E-state index contributed by atoms with van der Waals surface area (Å²) in [4.78, 5) is 12.5. The molecule has 2 rings (SSSR count). The highest BCUT2D eigenvalue weighted by Gasteiger charge is 2.24. The van der Waals surface area contributed by atoms with Gasteiger partial charge in [0.15, 0.2) is 0 Å². The molecule has 0 spiro atoms. The summed E-state index contributed by atoms with van der Waals surface area (Å²) in [5, 5.41) is 3.05. The SMILES string of the molecule is COc1ccccc1[C@H](C)NC(=O)CN(c1ccccc1Cl)S(C)(=O)=O. The minimum atomic E-state index is -3.69. The fourth-order valence-electron chi connectivity index (χ4n) is 2.55. The molecular formula is C18H21ClN2O4S. The minimum Gasteiger partial charge on any atom is -0.496 e. The number of sulfonamides is 1. The van der Waals surface area contributed by atoms with Crippen molar-refractivity contribution >= 4 is 33.2 Å². The molecule has 2 aromatic carbocycles. The normalized spacial score (nSPS) is 12.3. The molecule has 26 heavy (non-hydrogen) atoms. The molecule has 0 aliphatic rings. The molecule has 8 heteroatoms. The molecule has 0 saturated carbocycles. The second-order valence-corrected chi connectivity index (χ2v) is 8.07.